The molecule has 1 fully saturated rings. The van der Waals surface area contributed by atoms with Crippen LogP contribution in [0.5, 0.6) is 5.75 Å². The molecule has 10 heteroatoms. The lowest BCUT2D eigenvalue weighted by atomic mass is 10.1. The van der Waals surface area contributed by atoms with Crippen LogP contribution in [-0.4, -0.2) is 30.4 Å². The molecule has 4 rings (SSSR count). The molecule has 5 amide bonds. The van der Waals surface area contributed by atoms with Crippen molar-refractivity contribution in [3.63, 3.8) is 0 Å². The number of benzene rings is 3. The van der Waals surface area contributed by atoms with E-state index in [0.717, 1.165) is 21.6 Å². The number of urea groups is 1. The number of amides is 5. The first kappa shape index (κ1) is 26.9. The summed E-state index contributed by atoms with van der Waals surface area (Å²) in [5, 5.41) is 5.49. The standard InChI is InChI=1S/C28H23Cl2N3O5/c1-15-4-8-23(17(3)10-15)31-25(34)14-38-24-9-6-18(12-22(24)30)11-20-26(35)32-28(37)33(27(20)36)19-7-5-16(2)21(29)13-19/h4-13H,14H2,1-3H3,(H,31,34)(H,32,35,37)/b20-11+. The zero-order valence-corrected chi connectivity index (χ0v) is 22.2. The number of hydrogen-bond acceptors (Lipinski definition) is 5. The van der Waals surface area contributed by atoms with E-state index in [-0.39, 0.29) is 34.5 Å². The molecule has 0 atom stereocenters. The average molecular weight is 552 g/mol. The van der Waals surface area contributed by atoms with Gasteiger partial charge in [-0.3, -0.25) is 19.7 Å². The van der Waals surface area contributed by atoms with E-state index >= 15 is 0 Å². The number of anilines is 2. The van der Waals surface area contributed by atoms with Gasteiger partial charge in [0.05, 0.1) is 10.7 Å². The monoisotopic (exact) mass is 551 g/mol. The van der Waals surface area contributed by atoms with Crippen LogP contribution in [0, 0.1) is 20.8 Å². The van der Waals surface area contributed by atoms with Crippen LogP contribution in [0.25, 0.3) is 6.08 Å². The smallest absolute Gasteiger partial charge is 0.335 e. The van der Waals surface area contributed by atoms with Crippen molar-refractivity contribution >= 4 is 64.4 Å². The fourth-order valence-corrected chi connectivity index (χ4v) is 4.21. The fraction of sp³-hybridized carbons (Fsp3) is 0.143. The van der Waals surface area contributed by atoms with Gasteiger partial charge in [-0.2, -0.15) is 0 Å². The molecular formula is C28H23Cl2N3O5. The highest BCUT2D eigenvalue weighted by atomic mass is 35.5. The minimum absolute atomic E-state index is 0.167. The Bertz CT molecular complexity index is 1520. The maximum Gasteiger partial charge on any atom is 0.335 e. The van der Waals surface area contributed by atoms with Gasteiger partial charge in [0.15, 0.2) is 6.61 Å². The minimum atomic E-state index is -0.877. The number of barbiturate groups is 1. The van der Waals surface area contributed by atoms with Crippen LogP contribution < -0.4 is 20.3 Å². The van der Waals surface area contributed by atoms with E-state index in [1.165, 1.54) is 24.3 Å². The highest BCUT2D eigenvalue weighted by molar-refractivity contribution is 6.39. The van der Waals surface area contributed by atoms with Crippen molar-refractivity contribution in [2.24, 2.45) is 0 Å². The molecule has 3 aromatic rings. The molecule has 0 spiro atoms. The number of carbonyl (C=O) groups excluding carboxylic acids is 4. The second kappa shape index (κ2) is 11.1. The summed E-state index contributed by atoms with van der Waals surface area (Å²) in [6.07, 6.45) is 1.31. The number of hydrogen-bond donors (Lipinski definition) is 2. The van der Waals surface area contributed by atoms with Gasteiger partial charge in [0.25, 0.3) is 17.7 Å². The predicted molar refractivity (Wildman–Crippen MR) is 147 cm³/mol. The quantitative estimate of drug-likeness (QED) is 0.306. The Morgan fingerprint density at radius 2 is 1.71 bits per heavy atom. The summed E-state index contributed by atoms with van der Waals surface area (Å²) in [5.41, 5.74) is 3.85. The van der Waals surface area contributed by atoms with Crippen molar-refractivity contribution < 1.29 is 23.9 Å². The molecule has 3 aromatic carbocycles. The van der Waals surface area contributed by atoms with Gasteiger partial charge in [-0.05, 0) is 73.9 Å². The van der Waals surface area contributed by atoms with E-state index in [1.807, 2.05) is 32.0 Å². The van der Waals surface area contributed by atoms with Crippen molar-refractivity contribution in [3.8, 4) is 5.75 Å². The largest absolute Gasteiger partial charge is 0.482 e. The Morgan fingerprint density at radius 1 is 0.947 bits per heavy atom. The van der Waals surface area contributed by atoms with Gasteiger partial charge in [0, 0.05) is 10.7 Å². The highest BCUT2D eigenvalue weighted by Gasteiger charge is 2.37. The Kier molecular flexibility index (Phi) is 7.85. The van der Waals surface area contributed by atoms with Gasteiger partial charge in [0.1, 0.15) is 11.3 Å². The lowest BCUT2D eigenvalue weighted by Gasteiger charge is -2.26. The lowest BCUT2D eigenvalue weighted by molar-refractivity contribution is -0.122. The Labute approximate surface area is 229 Å². The van der Waals surface area contributed by atoms with E-state index in [2.05, 4.69) is 10.6 Å². The SMILES string of the molecule is Cc1ccc(NC(=O)COc2ccc(/C=C3\C(=O)NC(=O)N(c4ccc(C)c(Cl)c4)C3=O)cc2Cl)c(C)c1. The number of nitrogens with zero attached hydrogens (tertiary/aromatic N) is 1. The molecule has 194 valence electrons. The first-order chi connectivity index (χ1) is 18.0. The molecule has 38 heavy (non-hydrogen) atoms. The van der Waals surface area contributed by atoms with Crippen LogP contribution in [0.3, 0.4) is 0 Å². The summed E-state index contributed by atoms with van der Waals surface area (Å²) < 4.78 is 5.56. The van der Waals surface area contributed by atoms with Crippen LogP contribution in [0.4, 0.5) is 16.2 Å². The van der Waals surface area contributed by atoms with Crippen molar-refractivity contribution in [1.29, 1.82) is 0 Å². The van der Waals surface area contributed by atoms with Crippen molar-refractivity contribution in [2.75, 3.05) is 16.8 Å². The molecule has 2 N–H and O–H groups in total. The third-order valence-corrected chi connectivity index (χ3v) is 6.50. The van der Waals surface area contributed by atoms with E-state index in [9.17, 15) is 19.2 Å². The predicted octanol–water partition coefficient (Wildman–Crippen LogP) is 5.60. The number of imide groups is 2. The topological polar surface area (TPSA) is 105 Å². The number of aryl methyl sites for hydroxylation is 3. The molecule has 1 aliphatic heterocycles. The minimum Gasteiger partial charge on any atom is -0.482 e. The summed E-state index contributed by atoms with van der Waals surface area (Å²) in [6, 6.07) is 14.1. The lowest BCUT2D eigenvalue weighted by Crippen LogP contribution is -2.54. The van der Waals surface area contributed by atoms with Gasteiger partial charge in [0.2, 0.25) is 0 Å². The maximum absolute atomic E-state index is 13.1. The molecule has 0 radical (unpaired) electrons. The number of ether oxygens (including phenoxy) is 1. The summed E-state index contributed by atoms with van der Waals surface area (Å²) in [5.74, 6) is -1.76. The molecule has 8 nitrogen and oxygen atoms in total. The molecule has 0 unspecified atom stereocenters. The zero-order valence-electron chi connectivity index (χ0n) is 20.7. The molecule has 1 aliphatic rings. The second-order valence-corrected chi connectivity index (χ2v) is 9.55. The molecular weight excluding hydrogens is 529 g/mol. The number of nitrogens with one attached hydrogen (secondary N) is 2. The molecule has 1 saturated heterocycles. The average Bonchev–Trinajstić information content (AvgIpc) is 2.85. The van der Waals surface area contributed by atoms with E-state index in [4.69, 9.17) is 27.9 Å². The van der Waals surface area contributed by atoms with E-state index in [0.29, 0.717) is 16.3 Å². The highest BCUT2D eigenvalue weighted by Crippen LogP contribution is 2.29. The summed E-state index contributed by atoms with van der Waals surface area (Å²) in [7, 11) is 0. The molecule has 0 aliphatic carbocycles. The Balaban J connectivity index is 1.48. The van der Waals surface area contributed by atoms with Gasteiger partial charge in [-0.15, -0.1) is 0 Å². The van der Waals surface area contributed by atoms with Gasteiger partial charge < -0.3 is 10.1 Å². The van der Waals surface area contributed by atoms with Gasteiger partial charge in [-0.1, -0.05) is 53.0 Å². The molecule has 0 aromatic heterocycles. The van der Waals surface area contributed by atoms with E-state index < -0.39 is 17.8 Å². The summed E-state index contributed by atoms with van der Waals surface area (Å²) in [6.45, 7) is 5.38. The number of carbonyl (C=O) groups is 4. The van der Waals surface area contributed by atoms with Gasteiger partial charge in [-0.25, -0.2) is 9.69 Å². The fourth-order valence-electron chi connectivity index (χ4n) is 3.79. The number of halogens is 2. The third kappa shape index (κ3) is 5.88. The van der Waals surface area contributed by atoms with Gasteiger partial charge >= 0.3 is 6.03 Å². The van der Waals surface area contributed by atoms with Crippen LogP contribution in [-0.2, 0) is 14.4 Å². The Hall–Kier alpha value is -4.14. The summed E-state index contributed by atoms with van der Waals surface area (Å²) in [4.78, 5) is 51.2. The molecule has 0 saturated carbocycles. The maximum atomic E-state index is 13.1. The number of rotatable bonds is 6. The van der Waals surface area contributed by atoms with Crippen molar-refractivity contribution in [3.05, 3.63) is 92.5 Å². The van der Waals surface area contributed by atoms with E-state index in [1.54, 1.807) is 25.1 Å². The first-order valence-corrected chi connectivity index (χ1v) is 12.3. The summed E-state index contributed by atoms with van der Waals surface area (Å²) >= 11 is 12.5. The van der Waals surface area contributed by atoms with Crippen LogP contribution in [0.2, 0.25) is 10.0 Å². The van der Waals surface area contributed by atoms with Crippen LogP contribution in [0.15, 0.2) is 60.2 Å². The normalized spacial score (nSPS) is 14.5. The Morgan fingerprint density at radius 3 is 2.39 bits per heavy atom. The second-order valence-electron chi connectivity index (χ2n) is 8.74. The van der Waals surface area contributed by atoms with Crippen molar-refractivity contribution in [2.45, 2.75) is 20.8 Å². The molecule has 1 heterocycles. The third-order valence-electron chi connectivity index (χ3n) is 5.80. The van der Waals surface area contributed by atoms with Crippen molar-refractivity contribution in [1.82, 2.24) is 5.32 Å². The zero-order chi connectivity index (χ0) is 27.6. The van der Waals surface area contributed by atoms with Crippen LogP contribution in [0.1, 0.15) is 22.3 Å². The first-order valence-electron chi connectivity index (χ1n) is 11.5. The van der Waals surface area contributed by atoms with Crippen LogP contribution >= 0.6 is 23.2 Å². The molecule has 0 bridgehead atoms.